The first kappa shape index (κ1) is 73.1. The summed E-state index contributed by atoms with van der Waals surface area (Å²) in [5, 5.41) is 56.3. The highest BCUT2D eigenvalue weighted by Gasteiger charge is 2.36. The van der Waals surface area contributed by atoms with Gasteiger partial charge in [0, 0.05) is 13.1 Å². The highest BCUT2D eigenvalue weighted by atomic mass is 16.4. The van der Waals surface area contributed by atoms with Crippen molar-refractivity contribution in [3.8, 4) is 0 Å². The molecule has 0 heterocycles. The molecule has 33 heteroatoms. The number of nitrogens with zero attached hydrogens (tertiary/aromatic N) is 2. The van der Waals surface area contributed by atoms with E-state index in [2.05, 4.69) is 68.5 Å². The van der Waals surface area contributed by atoms with Crippen molar-refractivity contribution in [1.82, 2.24) is 58.5 Å². The molecule has 0 aliphatic rings. The van der Waals surface area contributed by atoms with Gasteiger partial charge >= 0.3 is 5.97 Å². The Kier molecular flexibility index (Phi) is 33.4. The summed E-state index contributed by atoms with van der Waals surface area (Å²) in [5.41, 5.74) is 26.9. The van der Waals surface area contributed by atoms with Crippen molar-refractivity contribution in [3.63, 3.8) is 0 Å². The lowest BCUT2D eigenvalue weighted by Crippen LogP contribution is -2.61. The summed E-state index contributed by atoms with van der Waals surface area (Å²) in [4.78, 5) is 165. The van der Waals surface area contributed by atoms with Gasteiger partial charge in [0.05, 0.1) is 19.3 Å². The minimum atomic E-state index is -1.69. The lowest BCUT2D eigenvalue weighted by Gasteiger charge is -2.28. The van der Waals surface area contributed by atoms with E-state index in [4.69, 9.17) is 28.7 Å². The Labute approximate surface area is 470 Å². The summed E-state index contributed by atoms with van der Waals surface area (Å²) < 4.78 is 0. The third-order valence-corrected chi connectivity index (χ3v) is 12.5. The maximum atomic E-state index is 13.7. The van der Waals surface area contributed by atoms with Crippen molar-refractivity contribution in [2.75, 3.05) is 26.3 Å². The Hall–Kier alpha value is -7.94. The molecule has 0 aromatic heterocycles. The number of aliphatic carboxylic acids is 1. The van der Waals surface area contributed by atoms with Gasteiger partial charge in [0.1, 0.15) is 66.5 Å². The fraction of sp³-hybridized carbons (Fsp3) is 0.708. The van der Waals surface area contributed by atoms with Crippen LogP contribution < -0.4 is 87.2 Å². The summed E-state index contributed by atoms with van der Waals surface area (Å²) in [6.07, 6.45) is 0.677. The minimum Gasteiger partial charge on any atom is -0.480 e. The highest BCUT2D eigenvalue weighted by Crippen LogP contribution is 2.12. The van der Waals surface area contributed by atoms with Gasteiger partial charge in [-0.15, -0.1) is 0 Å². The normalized spacial score (nSPS) is 16.1. The van der Waals surface area contributed by atoms with Gasteiger partial charge in [-0.1, -0.05) is 40.5 Å². The average molecular weight is 1160 g/mol. The smallest absolute Gasteiger partial charge is 0.326 e. The van der Waals surface area contributed by atoms with Gasteiger partial charge in [-0.25, -0.2) is 4.79 Å². The van der Waals surface area contributed by atoms with Crippen LogP contribution in [0.2, 0.25) is 0 Å². The Bertz CT molecular complexity index is 2230. The van der Waals surface area contributed by atoms with Gasteiger partial charge in [-0.05, 0) is 79.1 Å². The van der Waals surface area contributed by atoms with Gasteiger partial charge in [0.15, 0.2) is 11.9 Å². The van der Waals surface area contributed by atoms with Crippen molar-refractivity contribution in [3.05, 3.63) is 0 Å². The van der Waals surface area contributed by atoms with E-state index in [0.717, 1.165) is 0 Å². The van der Waals surface area contributed by atoms with Crippen LogP contribution in [0.25, 0.3) is 0 Å². The highest BCUT2D eigenvalue weighted by molar-refractivity contribution is 5.99. The van der Waals surface area contributed by atoms with Crippen molar-refractivity contribution in [2.45, 2.75) is 180 Å². The number of guanidine groups is 2. The van der Waals surface area contributed by atoms with Gasteiger partial charge < -0.3 is 102 Å². The van der Waals surface area contributed by atoms with Crippen LogP contribution in [0.15, 0.2) is 9.98 Å². The summed E-state index contributed by atoms with van der Waals surface area (Å²) >= 11 is 0. The fourth-order valence-corrected chi connectivity index (χ4v) is 6.95. The molecule has 33 nitrogen and oxygen atoms in total. The van der Waals surface area contributed by atoms with Crippen molar-refractivity contribution >= 4 is 82.9 Å². The number of carbonyl (C=O) groups is 12. The zero-order chi connectivity index (χ0) is 62.4. The number of carboxylic acid groups (broad SMARTS) is 1. The molecule has 0 aliphatic carbocycles. The van der Waals surface area contributed by atoms with E-state index in [9.17, 15) is 72.9 Å². The first-order valence-electron chi connectivity index (χ1n) is 26.4. The largest absolute Gasteiger partial charge is 0.480 e. The molecule has 0 unspecified atom stereocenters. The average Bonchev–Trinajstić information content (AvgIpc) is 3.40. The molecule has 0 aliphatic heterocycles. The third kappa shape index (κ3) is 27.2. The Morgan fingerprint density at radius 2 is 0.654 bits per heavy atom. The fourth-order valence-electron chi connectivity index (χ4n) is 6.95. The second-order valence-electron chi connectivity index (χ2n) is 19.5. The molecule has 14 atom stereocenters. The number of aliphatic hydroxyl groups is 2. The monoisotopic (exact) mass is 1160 g/mol. The molecule has 81 heavy (non-hydrogen) atoms. The number of aliphatic imine (C=N–C) groups is 2. The Morgan fingerprint density at radius 1 is 0.383 bits per heavy atom. The third-order valence-electron chi connectivity index (χ3n) is 12.5. The number of aliphatic hydroxyl groups excluding tert-OH is 2. The Morgan fingerprint density at radius 3 is 0.951 bits per heavy atom. The lowest BCUT2D eigenvalue weighted by molar-refractivity contribution is -0.143. The standard InChI is InChI=1S/C48H88N18O15/c1-11-21(3)33(65-39(73)27(9)58-36(70)24(6)56-35(69)23(5)49)44(78)63-31(19-67)42(76)61-29(15-13-17-54-47(50)51)41(75)60-26(8)38(72)57-25(7)37(71)59-28(10)40(74)66-34(22(4)12-2)45(79)64-32(20-68)43(77)62-30(46(80)81)16-14-18-55-48(52)53/h21-34,67-68H,11-20,49H2,1-10H3,(H,56,69)(H,57,72)(H,58,70)(H,59,71)(H,60,75)(H,61,76)(H,62,77)(H,63,78)(H,64,79)(H,65,73)(H,66,74)(H,80,81)(H4,50,51,54)(H4,52,53,55)/t21-,22-,23-,24-,25-,26-,27-,28-,29-,30-,31-,32-,33-,34-/m0/s1. The van der Waals surface area contributed by atoms with E-state index in [-0.39, 0.29) is 50.7 Å². The second kappa shape index (κ2) is 37.1. The molecule has 460 valence electrons. The molecule has 0 aromatic carbocycles. The molecule has 0 radical (unpaired) electrons. The van der Waals surface area contributed by atoms with Crippen molar-refractivity contribution < 1.29 is 72.9 Å². The molecule has 0 spiro atoms. The number of nitrogens with one attached hydrogen (secondary N) is 11. The van der Waals surface area contributed by atoms with Gasteiger partial charge in [0.25, 0.3) is 0 Å². The zero-order valence-electron chi connectivity index (χ0n) is 47.7. The first-order valence-corrected chi connectivity index (χ1v) is 26.4. The van der Waals surface area contributed by atoms with E-state index in [0.29, 0.717) is 12.8 Å². The summed E-state index contributed by atoms with van der Waals surface area (Å²) in [5.74, 6) is -12.6. The molecular formula is C48H88N18O15. The van der Waals surface area contributed by atoms with Crippen LogP contribution in [-0.4, -0.2) is 197 Å². The Balaban J connectivity index is 5.96. The summed E-state index contributed by atoms with van der Waals surface area (Å²) in [7, 11) is 0. The number of carbonyl (C=O) groups excluding carboxylic acids is 11. The summed E-state index contributed by atoms with van der Waals surface area (Å²) in [6, 6.07) is -16.1. The van der Waals surface area contributed by atoms with Gasteiger partial charge in [0.2, 0.25) is 65.0 Å². The molecule has 0 saturated carbocycles. The number of hydrogen-bond acceptors (Lipinski definition) is 17. The van der Waals surface area contributed by atoms with E-state index in [1.165, 1.54) is 41.5 Å². The van der Waals surface area contributed by atoms with Crippen LogP contribution in [-0.2, 0) is 57.5 Å². The minimum absolute atomic E-state index is 0.00705. The number of amides is 11. The van der Waals surface area contributed by atoms with Crippen LogP contribution >= 0.6 is 0 Å². The zero-order valence-corrected chi connectivity index (χ0v) is 47.7. The SMILES string of the molecule is CC[C@H](C)[C@H](NC(=O)[C@H](C)NC(=O)[C@H](C)NC(=O)[C@H](C)NC(=O)[C@H](CCCN=C(N)N)NC(=O)[C@H](CO)NC(=O)[C@@H](NC(=O)[C@H](C)NC(=O)[C@H](C)NC(=O)[C@H](C)N)[C@@H](C)CC)C(=O)N[C@@H](CO)C(=O)N[C@@H](CCCN=C(N)N)C(=O)O. The summed E-state index contributed by atoms with van der Waals surface area (Å²) in [6.45, 7) is 12.7. The maximum absolute atomic E-state index is 13.7. The van der Waals surface area contributed by atoms with Gasteiger partial charge in [-0.3, -0.25) is 62.7 Å². The predicted molar refractivity (Wildman–Crippen MR) is 294 cm³/mol. The van der Waals surface area contributed by atoms with Crippen LogP contribution in [0.5, 0.6) is 0 Å². The van der Waals surface area contributed by atoms with E-state index < -0.39 is 168 Å². The van der Waals surface area contributed by atoms with Crippen LogP contribution in [0.1, 0.15) is 108 Å². The van der Waals surface area contributed by atoms with Crippen LogP contribution in [0.4, 0.5) is 0 Å². The molecule has 0 rings (SSSR count). The van der Waals surface area contributed by atoms with Crippen LogP contribution in [0.3, 0.4) is 0 Å². The number of carboxylic acids is 1. The number of hydrogen-bond donors (Lipinski definition) is 19. The van der Waals surface area contributed by atoms with Crippen molar-refractivity contribution in [1.29, 1.82) is 0 Å². The van der Waals surface area contributed by atoms with Gasteiger partial charge in [-0.2, -0.15) is 0 Å². The predicted octanol–water partition coefficient (Wildman–Crippen LogP) is -7.97. The maximum Gasteiger partial charge on any atom is 0.326 e. The van der Waals surface area contributed by atoms with Crippen molar-refractivity contribution in [2.24, 2.45) is 50.5 Å². The molecule has 11 amide bonds. The quantitative estimate of drug-likeness (QED) is 0.0156. The molecule has 0 bridgehead atoms. The lowest BCUT2D eigenvalue weighted by atomic mass is 9.97. The number of nitrogens with two attached hydrogens (primary N) is 5. The van der Waals surface area contributed by atoms with E-state index >= 15 is 0 Å². The van der Waals surface area contributed by atoms with E-state index in [1.54, 1.807) is 27.7 Å². The molecule has 0 aromatic rings. The second-order valence-corrected chi connectivity index (χ2v) is 19.5. The van der Waals surface area contributed by atoms with E-state index in [1.807, 2.05) is 0 Å². The molecule has 0 fully saturated rings. The molecule has 0 saturated heterocycles. The van der Waals surface area contributed by atoms with Crippen LogP contribution in [0, 0.1) is 11.8 Å². The first-order chi connectivity index (χ1) is 37.8. The topological polar surface area (TPSA) is 553 Å². The number of rotatable bonds is 37. The molecular weight excluding hydrogens is 1070 g/mol. The molecule has 24 N–H and O–H groups in total.